The summed E-state index contributed by atoms with van der Waals surface area (Å²) in [5.74, 6) is -1.45. The van der Waals surface area contributed by atoms with Gasteiger partial charge in [-0.05, 0) is 53.8 Å². The lowest BCUT2D eigenvalue weighted by atomic mass is 10.1. The van der Waals surface area contributed by atoms with Crippen LogP contribution in [0.3, 0.4) is 0 Å². The second kappa shape index (κ2) is 8.67. The van der Waals surface area contributed by atoms with Crippen LogP contribution in [0.15, 0.2) is 60.0 Å². The molecule has 0 saturated carbocycles. The predicted molar refractivity (Wildman–Crippen MR) is 107 cm³/mol. The number of carbonyl (C=O) groups excluding carboxylic acids is 2. The molecule has 0 spiro atoms. The maximum absolute atomic E-state index is 13.2. The Bertz CT molecular complexity index is 972. The molecule has 0 aliphatic heterocycles. The van der Waals surface area contributed by atoms with Gasteiger partial charge >= 0.3 is 5.97 Å². The first-order valence-electron chi connectivity index (χ1n) is 8.55. The fraction of sp³-hybridized carbons (Fsp3) is 0.143. The first-order chi connectivity index (χ1) is 13.4. The summed E-state index contributed by atoms with van der Waals surface area (Å²) in [4.78, 5) is 25.4. The van der Waals surface area contributed by atoms with Crippen LogP contribution < -0.4 is 11.1 Å². The molecule has 0 bridgehead atoms. The minimum Gasteiger partial charge on any atom is -0.452 e. The van der Waals surface area contributed by atoms with Crippen LogP contribution in [-0.4, -0.2) is 18.5 Å². The fourth-order valence-electron chi connectivity index (χ4n) is 2.61. The van der Waals surface area contributed by atoms with Crippen LogP contribution in [0, 0.1) is 12.7 Å². The van der Waals surface area contributed by atoms with Crippen molar-refractivity contribution in [2.45, 2.75) is 13.0 Å². The van der Waals surface area contributed by atoms with Crippen LogP contribution in [-0.2, 0) is 9.53 Å². The number of rotatable bonds is 6. The molecule has 0 radical (unpaired) electrons. The van der Waals surface area contributed by atoms with Crippen LogP contribution in [0.25, 0.3) is 0 Å². The maximum Gasteiger partial charge on any atom is 0.338 e. The smallest absolute Gasteiger partial charge is 0.338 e. The summed E-state index contributed by atoms with van der Waals surface area (Å²) in [6.45, 7) is 1.40. The van der Waals surface area contributed by atoms with E-state index in [1.165, 1.54) is 29.5 Å². The van der Waals surface area contributed by atoms with Crippen molar-refractivity contribution in [3.63, 3.8) is 0 Å². The molecule has 3 rings (SSSR count). The van der Waals surface area contributed by atoms with Crippen molar-refractivity contribution in [1.29, 1.82) is 0 Å². The molecule has 28 heavy (non-hydrogen) atoms. The normalized spacial score (nSPS) is 11.6. The molecular weight excluding hydrogens is 379 g/mol. The molecule has 0 saturated heterocycles. The molecule has 1 heterocycles. The van der Waals surface area contributed by atoms with E-state index < -0.39 is 24.5 Å². The van der Waals surface area contributed by atoms with E-state index in [4.69, 9.17) is 10.5 Å². The van der Waals surface area contributed by atoms with Gasteiger partial charge in [0.2, 0.25) is 0 Å². The maximum atomic E-state index is 13.2. The molecule has 1 amide bonds. The van der Waals surface area contributed by atoms with Gasteiger partial charge in [0.15, 0.2) is 6.61 Å². The molecule has 144 valence electrons. The molecule has 0 aliphatic carbocycles. The summed E-state index contributed by atoms with van der Waals surface area (Å²) in [6.07, 6.45) is 0. The highest BCUT2D eigenvalue weighted by Gasteiger charge is 2.19. The van der Waals surface area contributed by atoms with Crippen molar-refractivity contribution < 1.29 is 18.7 Å². The van der Waals surface area contributed by atoms with Crippen LogP contribution in [0.4, 0.5) is 10.1 Å². The molecule has 1 atom stereocenters. The van der Waals surface area contributed by atoms with Gasteiger partial charge in [-0.1, -0.05) is 24.3 Å². The molecule has 3 aromatic rings. The summed E-state index contributed by atoms with van der Waals surface area (Å²) >= 11 is 1.47. The monoisotopic (exact) mass is 398 g/mol. The number of nitrogens with one attached hydrogen (secondary N) is 1. The Morgan fingerprint density at radius 1 is 1.18 bits per heavy atom. The van der Waals surface area contributed by atoms with E-state index in [1.807, 2.05) is 24.4 Å². The molecule has 1 aromatic heterocycles. The summed E-state index contributed by atoms with van der Waals surface area (Å²) in [6, 6.07) is 14.0. The molecule has 0 aliphatic rings. The lowest BCUT2D eigenvalue weighted by Crippen LogP contribution is -2.32. The van der Waals surface area contributed by atoms with Crippen molar-refractivity contribution in [2.24, 2.45) is 0 Å². The van der Waals surface area contributed by atoms with Crippen LogP contribution in [0.1, 0.15) is 32.4 Å². The zero-order valence-corrected chi connectivity index (χ0v) is 16.0. The van der Waals surface area contributed by atoms with Gasteiger partial charge in [-0.15, -0.1) is 11.3 Å². The van der Waals surface area contributed by atoms with Crippen molar-refractivity contribution in [3.05, 3.63) is 87.4 Å². The summed E-state index contributed by atoms with van der Waals surface area (Å²) in [5, 5.41) is 4.72. The second-order valence-corrected chi connectivity index (χ2v) is 7.19. The average molecular weight is 398 g/mol. The van der Waals surface area contributed by atoms with Crippen molar-refractivity contribution in [1.82, 2.24) is 5.32 Å². The number of carbonyl (C=O) groups is 2. The van der Waals surface area contributed by atoms with Gasteiger partial charge in [0.05, 0.1) is 11.6 Å². The number of thiophene rings is 1. The SMILES string of the molecule is Cc1ccc(C(=O)OCC(=O)N[C@H](c2ccc(F)cc2)c2cccs2)cc1N. The second-order valence-electron chi connectivity index (χ2n) is 6.21. The van der Waals surface area contributed by atoms with E-state index in [0.29, 0.717) is 5.69 Å². The zero-order chi connectivity index (χ0) is 20.1. The number of aryl methyl sites for hydroxylation is 1. The number of hydrogen-bond donors (Lipinski definition) is 2. The first-order valence-corrected chi connectivity index (χ1v) is 9.43. The number of hydrogen-bond acceptors (Lipinski definition) is 5. The summed E-state index contributed by atoms with van der Waals surface area (Å²) in [5.41, 5.74) is 8.14. The van der Waals surface area contributed by atoms with E-state index in [1.54, 1.807) is 24.3 Å². The Balaban J connectivity index is 1.66. The quantitative estimate of drug-likeness (QED) is 0.488. The van der Waals surface area contributed by atoms with Gasteiger partial charge in [0.25, 0.3) is 5.91 Å². The topological polar surface area (TPSA) is 81.4 Å². The number of halogens is 1. The Labute approximate surface area is 166 Å². The van der Waals surface area contributed by atoms with Crippen molar-refractivity contribution >= 4 is 28.9 Å². The van der Waals surface area contributed by atoms with Gasteiger partial charge in [-0.2, -0.15) is 0 Å². The number of esters is 1. The average Bonchev–Trinajstić information content (AvgIpc) is 3.21. The number of benzene rings is 2. The lowest BCUT2D eigenvalue weighted by molar-refractivity contribution is -0.124. The highest BCUT2D eigenvalue weighted by Crippen LogP contribution is 2.26. The Kier molecular flexibility index (Phi) is 6.06. The minimum atomic E-state index is -0.628. The first kappa shape index (κ1) is 19.6. The predicted octanol–water partition coefficient (Wildman–Crippen LogP) is 3.84. The summed E-state index contributed by atoms with van der Waals surface area (Å²) < 4.78 is 18.3. The third-order valence-corrected chi connectivity index (χ3v) is 5.12. The Hall–Kier alpha value is -3.19. The van der Waals surface area contributed by atoms with Crippen LogP contribution >= 0.6 is 11.3 Å². The number of amides is 1. The van der Waals surface area contributed by atoms with E-state index in [0.717, 1.165) is 16.0 Å². The molecule has 0 unspecified atom stereocenters. The van der Waals surface area contributed by atoms with Gasteiger partial charge in [-0.25, -0.2) is 9.18 Å². The molecular formula is C21H19FN2O3S. The largest absolute Gasteiger partial charge is 0.452 e. The van der Waals surface area contributed by atoms with E-state index in [2.05, 4.69) is 5.32 Å². The molecule has 5 nitrogen and oxygen atoms in total. The molecule has 3 N–H and O–H groups in total. The number of nitrogen functional groups attached to an aromatic ring is 1. The highest BCUT2D eigenvalue weighted by atomic mass is 32.1. The van der Waals surface area contributed by atoms with E-state index in [-0.39, 0.29) is 11.4 Å². The lowest BCUT2D eigenvalue weighted by Gasteiger charge is -2.18. The summed E-state index contributed by atoms with van der Waals surface area (Å²) in [7, 11) is 0. The van der Waals surface area contributed by atoms with E-state index >= 15 is 0 Å². The minimum absolute atomic E-state index is 0.282. The fourth-order valence-corrected chi connectivity index (χ4v) is 3.42. The molecule has 0 fully saturated rings. The van der Waals surface area contributed by atoms with Gasteiger partial charge in [0.1, 0.15) is 5.82 Å². The molecule has 2 aromatic carbocycles. The van der Waals surface area contributed by atoms with Crippen LogP contribution in [0.2, 0.25) is 0 Å². The number of anilines is 1. The standard InChI is InChI=1S/C21H19FN2O3S/c1-13-4-5-15(11-17(13)23)21(26)27-12-19(25)24-20(18-3-2-10-28-18)14-6-8-16(22)9-7-14/h2-11,20H,12,23H2,1H3,(H,24,25)/t20-/m1/s1. The number of nitrogens with two attached hydrogens (primary N) is 1. The van der Waals surface area contributed by atoms with Crippen molar-refractivity contribution in [3.8, 4) is 0 Å². The highest BCUT2D eigenvalue weighted by molar-refractivity contribution is 7.10. The van der Waals surface area contributed by atoms with E-state index in [9.17, 15) is 14.0 Å². The third-order valence-electron chi connectivity index (χ3n) is 4.19. The van der Waals surface area contributed by atoms with Gasteiger partial charge in [0, 0.05) is 10.6 Å². The molecule has 7 heteroatoms. The van der Waals surface area contributed by atoms with Gasteiger partial charge in [-0.3, -0.25) is 4.79 Å². The zero-order valence-electron chi connectivity index (χ0n) is 15.1. The Morgan fingerprint density at radius 2 is 1.93 bits per heavy atom. The van der Waals surface area contributed by atoms with Crippen molar-refractivity contribution in [2.75, 3.05) is 12.3 Å². The number of ether oxygens (including phenoxy) is 1. The van der Waals surface area contributed by atoms with Crippen LogP contribution in [0.5, 0.6) is 0 Å². The Morgan fingerprint density at radius 3 is 2.57 bits per heavy atom. The third kappa shape index (κ3) is 4.75. The van der Waals surface area contributed by atoms with Gasteiger partial charge < -0.3 is 15.8 Å².